The Bertz CT molecular complexity index is 1170. The molecule has 2 saturated heterocycles. The number of thioether (sulfide) groups is 1. The van der Waals surface area contributed by atoms with Gasteiger partial charge in [0.25, 0.3) is 5.91 Å². The summed E-state index contributed by atoms with van der Waals surface area (Å²) in [6.45, 7) is 3.66. The summed E-state index contributed by atoms with van der Waals surface area (Å²) in [5.74, 6) is -2.80. The van der Waals surface area contributed by atoms with E-state index in [0.29, 0.717) is 0 Å². The van der Waals surface area contributed by atoms with Crippen molar-refractivity contribution in [2.45, 2.75) is 38.5 Å². The van der Waals surface area contributed by atoms with E-state index >= 15 is 0 Å². The predicted molar refractivity (Wildman–Crippen MR) is 135 cm³/mol. The molecular weight excluding hydrogens is 542 g/mol. The van der Waals surface area contributed by atoms with Crippen LogP contribution in [0.2, 0.25) is 0 Å². The molecule has 0 radical (unpaired) electrons. The van der Waals surface area contributed by atoms with Gasteiger partial charge >= 0.3 is 17.9 Å². The molecule has 0 saturated carbocycles. The van der Waals surface area contributed by atoms with Crippen molar-refractivity contribution in [3.63, 3.8) is 0 Å². The number of carbonyl (C=O) groups is 5. The highest BCUT2D eigenvalue weighted by Gasteiger charge is 2.57. The first-order valence-electron chi connectivity index (χ1n) is 11.2. The highest BCUT2D eigenvalue weighted by Crippen LogP contribution is 2.43. The summed E-state index contributed by atoms with van der Waals surface area (Å²) in [5.41, 5.74) is 4.39. The van der Waals surface area contributed by atoms with Crippen molar-refractivity contribution < 1.29 is 43.0 Å². The van der Waals surface area contributed by atoms with Gasteiger partial charge in [0.1, 0.15) is 36.2 Å². The Kier molecular flexibility index (Phi) is 9.32. The topological polar surface area (TPSA) is 189 Å². The molecular formula is C22H27N5O9S2. The van der Waals surface area contributed by atoms with Gasteiger partial charge in [0.15, 0.2) is 10.8 Å². The van der Waals surface area contributed by atoms with E-state index in [0.717, 1.165) is 11.3 Å². The molecule has 14 nitrogen and oxygen atoms in total. The molecule has 38 heavy (non-hydrogen) atoms. The van der Waals surface area contributed by atoms with Crippen LogP contribution in [0.5, 0.6) is 0 Å². The van der Waals surface area contributed by atoms with Gasteiger partial charge in [0.2, 0.25) is 12.2 Å². The molecule has 2 aliphatic rings. The van der Waals surface area contributed by atoms with Gasteiger partial charge in [-0.1, -0.05) is 17.3 Å². The summed E-state index contributed by atoms with van der Waals surface area (Å²) < 4.78 is 15.1. The molecule has 2 amide bonds. The highest BCUT2D eigenvalue weighted by atomic mass is 32.2. The number of oxime groups is 1. The minimum absolute atomic E-state index is 0.0697. The van der Waals surface area contributed by atoms with Gasteiger partial charge in [0.05, 0.1) is 0 Å². The van der Waals surface area contributed by atoms with Crippen LogP contribution in [0.3, 0.4) is 0 Å². The van der Waals surface area contributed by atoms with Crippen molar-refractivity contribution in [3.05, 3.63) is 23.2 Å². The number of nitrogens with two attached hydrogens (primary N) is 1. The number of anilines is 1. The summed E-state index contributed by atoms with van der Waals surface area (Å²) in [5, 5.41) is 7.67. The molecule has 3 heterocycles. The van der Waals surface area contributed by atoms with E-state index in [4.69, 9.17) is 24.8 Å². The zero-order chi connectivity index (χ0) is 28.0. The number of nitrogens with zero attached hydrogens (tertiary/aromatic N) is 3. The molecule has 3 unspecified atom stereocenters. The van der Waals surface area contributed by atoms with Crippen molar-refractivity contribution in [1.29, 1.82) is 0 Å². The van der Waals surface area contributed by atoms with Crippen LogP contribution in [0, 0.1) is 5.41 Å². The second-order valence-corrected chi connectivity index (χ2v) is 10.3. The summed E-state index contributed by atoms with van der Waals surface area (Å²) in [6.07, 6.45) is 1.84. The zero-order valence-electron chi connectivity index (χ0n) is 21.0. The molecule has 2 fully saturated rings. The fraction of sp³-hybridized carbons (Fsp3) is 0.500. The number of nitrogen functional groups attached to an aromatic ring is 1. The minimum atomic E-state index is -1.32. The molecule has 0 aromatic carbocycles. The molecule has 3 rings (SSSR count). The first-order chi connectivity index (χ1) is 18.0. The smallest absolute Gasteiger partial charge is 0.321 e. The second kappa shape index (κ2) is 12.3. The summed E-state index contributed by atoms with van der Waals surface area (Å²) in [7, 11) is 1.27. The fourth-order valence-corrected chi connectivity index (χ4v) is 5.81. The predicted octanol–water partition coefficient (Wildman–Crippen LogP) is 0.0337. The third-order valence-corrected chi connectivity index (χ3v) is 7.61. The number of carbonyl (C=O) groups excluding carboxylic acids is 5. The number of thiazole rings is 1. The standard InChI is InChI=1S/C22H27N5O9S2/c1-11(28)34-7-5-6-22(20(32)36-13(3)35-12(2)29)9-27-18(31)16(19(27)38-10-22)25-17(30)15(26-33-4)14-8-37-21(23)24-14/h5-6,8,13,16,19H,7,9-10H2,1-4H3,(H2,23,24)(H,25,30)/t13?,16?,19-,22?/m1/s1. The summed E-state index contributed by atoms with van der Waals surface area (Å²) >= 11 is 2.37. The van der Waals surface area contributed by atoms with E-state index in [-0.39, 0.29) is 35.4 Å². The number of amides is 2. The van der Waals surface area contributed by atoms with E-state index in [2.05, 4.69) is 15.5 Å². The largest absolute Gasteiger partial charge is 0.462 e. The number of rotatable bonds is 10. The average Bonchev–Trinajstić information content (AvgIpc) is 3.28. The first-order valence-corrected chi connectivity index (χ1v) is 13.1. The van der Waals surface area contributed by atoms with Gasteiger partial charge in [-0.15, -0.1) is 23.1 Å². The van der Waals surface area contributed by atoms with Gasteiger partial charge in [-0.3, -0.25) is 24.0 Å². The van der Waals surface area contributed by atoms with Gasteiger partial charge in [-0.2, -0.15) is 0 Å². The van der Waals surface area contributed by atoms with Crippen molar-refractivity contribution in [3.8, 4) is 0 Å². The van der Waals surface area contributed by atoms with E-state index in [1.165, 1.54) is 62.1 Å². The maximum atomic E-state index is 13.2. The highest BCUT2D eigenvalue weighted by molar-refractivity contribution is 8.00. The second-order valence-electron chi connectivity index (χ2n) is 8.26. The number of aromatic nitrogens is 1. The molecule has 0 bridgehead atoms. The van der Waals surface area contributed by atoms with Crippen molar-refractivity contribution >= 4 is 63.7 Å². The number of esters is 3. The van der Waals surface area contributed by atoms with Crippen molar-refractivity contribution in [2.24, 2.45) is 10.6 Å². The normalized spacial score (nSPS) is 23.6. The Morgan fingerprint density at radius 2 is 2.05 bits per heavy atom. The Balaban J connectivity index is 1.73. The summed E-state index contributed by atoms with van der Waals surface area (Å²) in [6, 6.07) is -0.885. The van der Waals surface area contributed by atoms with Crippen LogP contribution >= 0.6 is 23.1 Å². The Morgan fingerprint density at radius 3 is 2.66 bits per heavy atom. The van der Waals surface area contributed by atoms with E-state index < -0.39 is 52.8 Å². The van der Waals surface area contributed by atoms with E-state index in [1.54, 1.807) is 0 Å². The third kappa shape index (κ3) is 6.61. The molecule has 1 aromatic heterocycles. The lowest BCUT2D eigenvalue weighted by Crippen LogP contribution is -2.74. The number of nitrogens with one attached hydrogen (secondary N) is 1. The third-order valence-electron chi connectivity index (χ3n) is 5.39. The molecule has 16 heteroatoms. The van der Waals surface area contributed by atoms with Crippen LogP contribution in [-0.2, 0) is 43.0 Å². The molecule has 4 atom stereocenters. The monoisotopic (exact) mass is 569 g/mol. The molecule has 2 aliphatic heterocycles. The number of hydrogen-bond donors (Lipinski definition) is 2. The minimum Gasteiger partial charge on any atom is -0.462 e. The zero-order valence-corrected chi connectivity index (χ0v) is 22.6. The van der Waals surface area contributed by atoms with Crippen LogP contribution in [0.25, 0.3) is 0 Å². The maximum absolute atomic E-state index is 13.2. The number of ether oxygens (including phenoxy) is 3. The average molecular weight is 570 g/mol. The van der Waals surface area contributed by atoms with Crippen LogP contribution in [-0.4, -0.2) is 89.0 Å². The first kappa shape index (κ1) is 28.9. The van der Waals surface area contributed by atoms with Crippen LogP contribution < -0.4 is 11.1 Å². The van der Waals surface area contributed by atoms with Crippen LogP contribution in [0.1, 0.15) is 26.5 Å². The Labute approximate surface area is 225 Å². The van der Waals surface area contributed by atoms with Crippen molar-refractivity contribution in [1.82, 2.24) is 15.2 Å². The van der Waals surface area contributed by atoms with Crippen LogP contribution in [0.4, 0.5) is 5.13 Å². The number of β-lactam (4-membered cyclic amide) rings is 1. The molecule has 3 N–H and O–H groups in total. The summed E-state index contributed by atoms with van der Waals surface area (Å²) in [4.78, 5) is 71.6. The molecule has 1 aromatic rings. The van der Waals surface area contributed by atoms with Crippen LogP contribution in [0.15, 0.2) is 22.7 Å². The lowest BCUT2D eigenvalue weighted by atomic mass is 9.86. The lowest BCUT2D eigenvalue weighted by Gasteiger charge is -2.53. The van der Waals surface area contributed by atoms with Gasteiger partial charge in [0, 0.05) is 38.4 Å². The molecule has 0 aliphatic carbocycles. The molecule has 0 spiro atoms. The SMILES string of the molecule is CON=C(C(=O)NC1C(=O)N2CC(C=CCOC(C)=O)(C(=O)OC(C)OC(C)=O)CS[C@H]12)c1csc(N)n1. The van der Waals surface area contributed by atoms with Gasteiger partial charge in [-0.05, 0) is 0 Å². The number of hydrogen-bond acceptors (Lipinski definition) is 14. The Hall–Kier alpha value is -3.66. The maximum Gasteiger partial charge on any atom is 0.321 e. The lowest BCUT2D eigenvalue weighted by molar-refractivity contribution is -0.189. The fourth-order valence-electron chi connectivity index (χ4n) is 3.75. The van der Waals surface area contributed by atoms with Gasteiger partial charge < -0.3 is 35.0 Å². The van der Waals surface area contributed by atoms with E-state index in [9.17, 15) is 24.0 Å². The van der Waals surface area contributed by atoms with Gasteiger partial charge in [-0.25, -0.2) is 4.98 Å². The van der Waals surface area contributed by atoms with Crippen molar-refractivity contribution in [2.75, 3.05) is 31.7 Å². The number of fused-ring (bicyclic) bond motifs is 1. The quantitative estimate of drug-likeness (QED) is 0.0962. The molecule has 206 valence electrons. The Morgan fingerprint density at radius 1 is 1.32 bits per heavy atom. The van der Waals surface area contributed by atoms with E-state index in [1.807, 2.05) is 0 Å².